The Morgan fingerprint density at radius 3 is 2.38 bits per heavy atom. The van der Waals surface area contributed by atoms with Gasteiger partial charge in [-0.3, -0.25) is 9.69 Å². The number of benzene rings is 4. The van der Waals surface area contributed by atoms with Crippen LogP contribution in [0, 0.1) is 33.5 Å². The van der Waals surface area contributed by atoms with Crippen molar-refractivity contribution in [3.05, 3.63) is 132 Å². The lowest BCUT2D eigenvalue weighted by molar-refractivity contribution is -0.164. The molecule has 264 valence electrons. The van der Waals surface area contributed by atoms with Crippen LogP contribution in [0.3, 0.4) is 0 Å². The van der Waals surface area contributed by atoms with E-state index >= 15 is 4.79 Å². The summed E-state index contributed by atoms with van der Waals surface area (Å²) in [5.41, 5.74) is 2.86. The van der Waals surface area contributed by atoms with Gasteiger partial charge in [0.15, 0.2) is 5.78 Å². The zero-order valence-electron chi connectivity index (χ0n) is 30.2. The standard InChI is InChI=1S/C47H47NO4/c1-43-22-19-34(49)27-45(43)25-26-47(38(28-45)41(50)37-18-9-8-17-36(37)32-11-4-3-5-12-32)39(43)20-23-44(2)40(47)21-24-46(44)30-48(42(51)52-46)29-33-15-10-14-31-13-6-7-16-35(31)33/h3-18,25-26,28,34,39-40,49H,19-24,27,29-30H2,1-2H3. The van der Waals surface area contributed by atoms with Gasteiger partial charge in [0.05, 0.1) is 12.6 Å². The maximum Gasteiger partial charge on any atom is 0.410 e. The molecule has 0 radical (unpaired) electrons. The molecule has 1 saturated heterocycles. The van der Waals surface area contributed by atoms with Crippen molar-refractivity contribution >= 4 is 22.6 Å². The number of ether oxygens (including phenoxy) is 1. The van der Waals surface area contributed by atoms with E-state index in [1.807, 2.05) is 41.3 Å². The summed E-state index contributed by atoms with van der Waals surface area (Å²) < 4.78 is 6.69. The van der Waals surface area contributed by atoms with E-state index in [1.54, 1.807) is 0 Å². The van der Waals surface area contributed by atoms with Crippen molar-refractivity contribution < 1.29 is 19.4 Å². The average Bonchev–Trinajstić information content (AvgIpc) is 3.65. The molecule has 3 saturated carbocycles. The van der Waals surface area contributed by atoms with Crippen molar-refractivity contribution in [3.8, 4) is 11.1 Å². The van der Waals surface area contributed by atoms with Crippen LogP contribution in [0.1, 0.15) is 74.7 Å². The lowest BCUT2D eigenvalue weighted by Crippen LogP contribution is -2.67. The number of fused-ring (bicyclic) bond motifs is 3. The molecule has 2 bridgehead atoms. The Kier molecular flexibility index (Phi) is 6.82. The van der Waals surface area contributed by atoms with Crippen LogP contribution < -0.4 is 0 Å². The largest absolute Gasteiger partial charge is 0.440 e. The van der Waals surface area contributed by atoms with Crippen molar-refractivity contribution in [1.29, 1.82) is 0 Å². The van der Waals surface area contributed by atoms with Crippen LogP contribution in [0.4, 0.5) is 4.79 Å². The molecular formula is C47H47NO4. The van der Waals surface area contributed by atoms with Gasteiger partial charge in [-0.05, 0) is 89.7 Å². The van der Waals surface area contributed by atoms with E-state index < -0.39 is 11.0 Å². The number of allylic oxidation sites excluding steroid dienone is 4. The minimum absolute atomic E-state index is 0.0758. The molecule has 11 rings (SSSR count). The van der Waals surface area contributed by atoms with E-state index in [9.17, 15) is 9.90 Å². The Labute approximate surface area is 306 Å². The van der Waals surface area contributed by atoms with Crippen LogP contribution in [0.25, 0.3) is 21.9 Å². The van der Waals surface area contributed by atoms with E-state index in [1.165, 1.54) is 10.8 Å². The molecule has 4 aromatic carbocycles. The Bertz CT molecular complexity index is 2200. The fraction of sp³-hybridized carbons (Fsp3) is 0.404. The molecule has 4 aromatic rings. The Hall–Kier alpha value is -4.48. The highest BCUT2D eigenvalue weighted by atomic mass is 16.6. The first-order valence-corrected chi connectivity index (χ1v) is 19.4. The number of amides is 1. The number of aliphatic hydroxyl groups is 1. The van der Waals surface area contributed by atoms with Gasteiger partial charge in [-0.25, -0.2) is 4.79 Å². The molecule has 8 atom stereocenters. The number of rotatable bonds is 5. The number of nitrogens with zero attached hydrogens (tertiary/aromatic N) is 1. The predicted molar refractivity (Wildman–Crippen MR) is 203 cm³/mol. The number of aliphatic hydroxyl groups excluding tert-OH is 1. The maximum atomic E-state index is 15.5. The second kappa shape index (κ2) is 11.0. The van der Waals surface area contributed by atoms with Crippen LogP contribution in [0.2, 0.25) is 0 Å². The summed E-state index contributed by atoms with van der Waals surface area (Å²) in [7, 11) is 0. The van der Waals surface area contributed by atoms with Crippen molar-refractivity contribution in [2.75, 3.05) is 6.54 Å². The molecule has 1 aliphatic heterocycles. The van der Waals surface area contributed by atoms with Crippen LogP contribution >= 0.6 is 0 Å². The second-order valence-corrected chi connectivity index (χ2v) is 17.4. The first-order chi connectivity index (χ1) is 25.1. The van der Waals surface area contributed by atoms with Gasteiger partial charge in [0.25, 0.3) is 0 Å². The monoisotopic (exact) mass is 689 g/mol. The van der Waals surface area contributed by atoms with Crippen molar-refractivity contribution in [1.82, 2.24) is 4.90 Å². The van der Waals surface area contributed by atoms with E-state index in [0.29, 0.717) is 19.5 Å². The molecule has 0 aromatic heterocycles. The smallest absolute Gasteiger partial charge is 0.410 e. The van der Waals surface area contributed by atoms with Gasteiger partial charge in [-0.2, -0.15) is 0 Å². The molecule has 5 heteroatoms. The molecule has 1 N–H and O–H groups in total. The summed E-state index contributed by atoms with van der Waals surface area (Å²) in [5, 5.41) is 13.5. The molecule has 52 heavy (non-hydrogen) atoms. The van der Waals surface area contributed by atoms with Gasteiger partial charge in [-0.15, -0.1) is 0 Å². The molecular weight excluding hydrogens is 643 g/mol. The maximum absolute atomic E-state index is 15.5. The molecule has 1 heterocycles. The molecule has 4 fully saturated rings. The van der Waals surface area contributed by atoms with Crippen LogP contribution in [0.15, 0.2) is 121 Å². The number of carbonyl (C=O) groups is 2. The summed E-state index contributed by atoms with van der Waals surface area (Å²) in [6, 6.07) is 33.0. The van der Waals surface area contributed by atoms with Gasteiger partial charge in [0, 0.05) is 33.9 Å². The summed E-state index contributed by atoms with van der Waals surface area (Å²) in [5.74, 6) is 0.477. The highest BCUT2D eigenvalue weighted by Gasteiger charge is 2.76. The fourth-order valence-corrected chi connectivity index (χ4v) is 12.8. The fourth-order valence-electron chi connectivity index (χ4n) is 12.8. The number of carbonyl (C=O) groups excluding carboxylic acids is 2. The third kappa shape index (κ3) is 4.09. The van der Waals surface area contributed by atoms with Crippen LogP contribution in [-0.4, -0.2) is 40.1 Å². The summed E-state index contributed by atoms with van der Waals surface area (Å²) in [6.07, 6.45) is 12.5. The quantitative estimate of drug-likeness (QED) is 0.167. The second-order valence-electron chi connectivity index (χ2n) is 17.4. The minimum Gasteiger partial charge on any atom is -0.440 e. The Balaban J connectivity index is 1.07. The average molecular weight is 690 g/mol. The van der Waals surface area contributed by atoms with Gasteiger partial charge < -0.3 is 9.84 Å². The normalized spacial score (nSPS) is 37.1. The third-order valence-electron chi connectivity index (χ3n) is 15.4. The van der Waals surface area contributed by atoms with E-state index in [4.69, 9.17) is 4.74 Å². The number of ketones is 1. The van der Waals surface area contributed by atoms with Crippen molar-refractivity contribution in [2.45, 2.75) is 77.0 Å². The topological polar surface area (TPSA) is 66.8 Å². The van der Waals surface area contributed by atoms with E-state index in [2.05, 4.69) is 92.7 Å². The summed E-state index contributed by atoms with van der Waals surface area (Å²) in [4.78, 5) is 31.3. The Morgan fingerprint density at radius 1 is 0.808 bits per heavy atom. The lowest BCUT2D eigenvalue weighted by atomic mass is 9.32. The van der Waals surface area contributed by atoms with Gasteiger partial charge in [0.2, 0.25) is 0 Å². The first-order valence-electron chi connectivity index (χ1n) is 19.4. The SMILES string of the molecule is CC12CCC(O)CC13C=CC1(C(C(=O)c4ccccc4-c4ccccc4)=C3)C2CCC2(C)C1CCC21CN(Cc2cccc3ccccc23)C(=O)O1. The number of hydrogen-bond donors (Lipinski definition) is 1. The molecule has 8 unspecified atom stereocenters. The van der Waals surface area contributed by atoms with Gasteiger partial charge in [-0.1, -0.05) is 129 Å². The summed E-state index contributed by atoms with van der Waals surface area (Å²) >= 11 is 0. The molecule has 5 nitrogen and oxygen atoms in total. The predicted octanol–water partition coefficient (Wildman–Crippen LogP) is 9.94. The zero-order chi connectivity index (χ0) is 35.5. The third-order valence-corrected chi connectivity index (χ3v) is 15.4. The highest BCUT2D eigenvalue weighted by Crippen LogP contribution is 2.79. The highest BCUT2D eigenvalue weighted by molar-refractivity contribution is 6.14. The van der Waals surface area contributed by atoms with Gasteiger partial charge >= 0.3 is 6.09 Å². The minimum atomic E-state index is -0.626. The molecule has 6 aliphatic carbocycles. The lowest BCUT2D eigenvalue weighted by Gasteiger charge is -2.71. The zero-order valence-corrected chi connectivity index (χ0v) is 30.2. The van der Waals surface area contributed by atoms with E-state index in [-0.39, 0.29) is 46.1 Å². The van der Waals surface area contributed by atoms with E-state index in [0.717, 1.165) is 66.4 Å². The molecule has 7 aliphatic rings. The molecule has 1 amide bonds. The molecule has 3 spiro atoms. The van der Waals surface area contributed by atoms with Crippen molar-refractivity contribution in [3.63, 3.8) is 0 Å². The van der Waals surface area contributed by atoms with Crippen LogP contribution in [-0.2, 0) is 11.3 Å². The summed E-state index contributed by atoms with van der Waals surface area (Å²) in [6.45, 7) is 5.90. The van der Waals surface area contributed by atoms with Crippen LogP contribution in [0.5, 0.6) is 0 Å². The Morgan fingerprint density at radius 2 is 1.52 bits per heavy atom. The first kappa shape index (κ1) is 32.2. The number of hydrogen-bond acceptors (Lipinski definition) is 4. The number of Topliss-reactive ketones (excluding diaryl/α,β-unsaturated/α-hetero) is 1. The van der Waals surface area contributed by atoms with Crippen molar-refractivity contribution in [2.24, 2.45) is 33.5 Å². The van der Waals surface area contributed by atoms with Gasteiger partial charge in [0.1, 0.15) is 5.60 Å².